The summed E-state index contributed by atoms with van der Waals surface area (Å²) in [4.78, 5) is 17.8. The van der Waals surface area contributed by atoms with E-state index in [0.717, 1.165) is 0 Å². The second kappa shape index (κ2) is 8.47. The number of hydrogen-bond acceptors (Lipinski definition) is 4. The Hall–Kier alpha value is -2.48. The summed E-state index contributed by atoms with van der Waals surface area (Å²) >= 11 is 6.08. The first kappa shape index (κ1) is 20.8. The fraction of sp³-hybridized carbons (Fsp3) is 0.333. The molecule has 2 aromatic rings. The van der Waals surface area contributed by atoms with E-state index in [9.17, 15) is 18.0 Å². The fourth-order valence-corrected chi connectivity index (χ4v) is 2.47. The van der Waals surface area contributed by atoms with E-state index in [2.05, 4.69) is 9.72 Å². The number of pyridine rings is 1. The molecule has 0 aliphatic heterocycles. The maximum Gasteiger partial charge on any atom is 0.573 e. The summed E-state index contributed by atoms with van der Waals surface area (Å²) in [5, 5.41) is 0.170. The van der Waals surface area contributed by atoms with Gasteiger partial charge < -0.3 is 14.4 Å². The number of carbonyl (C=O) groups is 1. The number of hydrogen-bond donors (Lipinski definition) is 0. The molecule has 9 heteroatoms. The molecule has 5 nitrogen and oxygen atoms in total. The van der Waals surface area contributed by atoms with Crippen LogP contribution in [0.25, 0.3) is 0 Å². The molecule has 27 heavy (non-hydrogen) atoms. The molecule has 146 valence electrons. The minimum atomic E-state index is -4.82. The number of carbonyl (C=O) groups excluding carboxylic acids is 1. The third-order valence-corrected chi connectivity index (χ3v) is 3.62. The molecule has 0 saturated carbocycles. The van der Waals surface area contributed by atoms with Crippen molar-refractivity contribution in [2.24, 2.45) is 0 Å². The summed E-state index contributed by atoms with van der Waals surface area (Å²) in [6, 6.07) is 7.04. The predicted octanol–water partition coefficient (Wildman–Crippen LogP) is 4.69. The number of para-hydroxylation sites is 1. The summed E-state index contributed by atoms with van der Waals surface area (Å²) in [5.41, 5.74) is 0.400. The molecule has 0 bridgehead atoms. The average molecular weight is 403 g/mol. The van der Waals surface area contributed by atoms with Gasteiger partial charge >= 0.3 is 6.36 Å². The molecular weight excluding hydrogens is 385 g/mol. The first-order valence-corrected chi connectivity index (χ1v) is 8.36. The number of halogens is 4. The third kappa shape index (κ3) is 6.02. The highest BCUT2D eigenvalue weighted by atomic mass is 35.5. The number of aromatic nitrogens is 1. The van der Waals surface area contributed by atoms with Crippen LogP contribution < -0.4 is 9.47 Å². The van der Waals surface area contributed by atoms with E-state index in [1.54, 1.807) is 6.07 Å². The van der Waals surface area contributed by atoms with Gasteiger partial charge in [-0.3, -0.25) is 4.79 Å². The highest BCUT2D eigenvalue weighted by Gasteiger charge is 2.32. The van der Waals surface area contributed by atoms with Crippen molar-refractivity contribution in [3.8, 4) is 11.6 Å². The third-order valence-electron chi connectivity index (χ3n) is 3.35. The first-order chi connectivity index (χ1) is 12.6. The van der Waals surface area contributed by atoms with Crippen LogP contribution in [-0.2, 0) is 6.54 Å². The standard InChI is InChI=1S/C18H18ClF3N2O3/c1-11(2)26-16-14(19)8-13(9-23-16)17(25)24(3)10-12-6-4-5-7-15(12)27-18(20,21)22/h4-9,11H,10H2,1-3H3. The molecule has 0 aliphatic rings. The Kier molecular flexibility index (Phi) is 6.54. The van der Waals surface area contributed by atoms with Crippen LogP contribution in [-0.4, -0.2) is 35.3 Å². The van der Waals surface area contributed by atoms with E-state index in [-0.39, 0.29) is 40.4 Å². The van der Waals surface area contributed by atoms with E-state index < -0.39 is 12.3 Å². The zero-order valence-electron chi connectivity index (χ0n) is 14.9. The minimum absolute atomic E-state index is 0.0903. The van der Waals surface area contributed by atoms with Crippen molar-refractivity contribution in [3.05, 3.63) is 52.7 Å². The highest BCUT2D eigenvalue weighted by Crippen LogP contribution is 2.28. The van der Waals surface area contributed by atoms with E-state index >= 15 is 0 Å². The lowest BCUT2D eigenvalue weighted by atomic mass is 10.1. The Morgan fingerprint density at radius 1 is 1.30 bits per heavy atom. The largest absolute Gasteiger partial charge is 0.573 e. The molecule has 0 spiro atoms. The van der Waals surface area contributed by atoms with Crippen LogP contribution in [0.4, 0.5) is 13.2 Å². The normalized spacial score (nSPS) is 11.4. The first-order valence-electron chi connectivity index (χ1n) is 7.98. The van der Waals surface area contributed by atoms with Crippen LogP contribution in [0.2, 0.25) is 5.02 Å². The van der Waals surface area contributed by atoms with Crippen molar-refractivity contribution in [2.75, 3.05) is 7.05 Å². The van der Waals surface area contributed by atoms with Gasteiger partial charge in [0.15, 0.2) is 0 Å². The maximum atomic E-state index is 12.6. The topological polar surface area (TPSA) is 51.7 Å². The van der Waals surface area contributed by atoms with Crippen molar-refractivity contribution < 1.29 is 27.4 Å². The van der Waals surface area contributed by atoms with E-state index in [0.29, 0.717) is 0 Å². The minimum Gasteiger partial charge on any atom is -0.474 e. The molecule has 1 amide bonds. The van der Waals surface area contributed by atoms with Gasteiger partial charge in [0, 0.05) is 25.4 Å². The van der Waals surface area contributed by atoms with Gasteiger partial charge in [0.05, 0.1) is 11.7 Å². The SMILES string of the molecule is CC(C)Oc1ncc(C(=O)N(C)Cc2ccccc2OC(F)(F)F)cc1Cl. The maximum absolute atomic E-state index is 12.6. The predicted molar refractivity (Wildman–Crippen MR) is 93.9 cm³/mol. The van der Waals surface area contributed by atoms with Crippen molar-refractivity contribution in [1.29, 1.82) is 0 Å². The van der Waals surface area contributed by atoms with Crippen molar-refractivity contribution in [3.63, 3.8) is 0 Å². The molecule has 0 radical (unpaired) electrons. The molecule has 0 atom stereocenters. The summed E-state index contributed by atoms with van der Waals surface area (Å²) in [6.45, 7) is 3.53. The molecule has 0 fully saturated rings. The van der Waals surface area contributed by atoms with Crippen LogP contribution in [0.15, 0.2) is 36.5 Å². The summed E-state index contributed by atoms with van der Waals surface area (Å²) in [5.74, 6) is -0.612. The summed E-state index contributed by atoms with van der Waals surface area (Å²) in [7, 11) is 1.46. The Balaban J connectivity index is 2.16. The van der Waals surface area contributed by atoms with Gasteiger partial charge in [-0.15, -0.1) is 13.2 Å². The number of ether oxygens (including phenoxy) is 2. The van der Waals surface area contributed by atoms with Crippen LogP contribution in [0.5, 0.6) is 11.6 Å². The molecule has 0 aliphatic carbocycles. The Bertz CT molecular complexity index is 813. The van der Waals surface area contributed by atoms with Gasteiger partial charge in [0.1, 0.15) is 10.8 Å². The number of amides is 1. The lowest BCUT2D eigenvalue weighted by Crippen LogP contribution is -2.27. The van der Waals surface area contributed by atoms with E-state index in [1.807, 2.05) is 13.8 Å². The zero-order valence-corrected chi connectivity index (χ0v) is 15.6. The Morgan fingerprint density at radius 3 is 2.56 bits per heavy atom. The molecule has 0 unspecified atom stereocenters. The van der Waals surface area contributed by atoms with Crippen molar-refractivity contribution >= 4 is 17.5 Å². The number of benzene rings is 1. The summed E-state index contributed by atoms with van der Waals surface area (Å²) < 4.78 is 47.0. The number of rotatable bonds is 6. The van der Waals surface area contributed by atoms with E-state index in [1.165, 1.54) is 42.4 Å². The van der Waals surface area contributed by atoms with Crippen LogP contribution in [0.3, 0.4) is 0 Å². The highest BCUT2D eigenvalue weighted by molar-refractivity contribution is 6.32. The molecule has 1 aromatic heterocycles. The molecular formula is C18H18ClF3N2O3. The number of nitrogens with zero attached hydrogens (tertiary/aromatic N) is 2. The van der Waals surface area contributed by atoms with Gasteiger partial charge in [0.2, 0.25) is 5.88 Å². The lowest BCUT2D eigenvalue weighted by molar-refractivity contribution is -0.275. The second-order valence-corrected chi connectivity index (χ2v) is 6.40. The Labute approximate surface area is 159 Å². The van der Waals surface area contributed by atoms with Crippen molar-refractivity contribution in [1.82, 2.24) is 9.88 Å². The molecule has 0 N–H and O–H groups in total. The molecule has 2 rings (SSSR count). The Morgan fingerprint density at radius 2 is 1.96 bits per heavy atom. The second-order valence-electron chi connectivity index (χ2n) is 5.99. The number of alkyl halides is 3. The monoisotopic (exact) mass is 402 g/mol. The smallest absolute Gasteiger partial charge is 0.474 e. The van der Waals surface area contributed by atoms with Crippen LogP contribution >= 0.6 is 11.6 Å². The van der Waals surface area contributed by atoms with Gasteiger partial charge in [-0.25, -0.2) is 4.98 Å². The van der Waals surface area contributed by atoms with Crippen LogP contribution in [0.1, 0.15) is 29.8 Å². The van der Waals surface area contributed by atoms with Crippen LogP contribution in [0, 0.1) is 0 Å². The van der Waals surface area contributed by atoms with Gasteiger partial charge in [-0.2, -0.15) is 0 Å². The molecule has 1 aromatic carbocycles. The quantitative estimate of drug-likeness (QED) is 0.703. The lowest BCUT2D eigenvalue weighted by Gasteiger charge is -2.20. The van der Waals surface area contributed by atoms with E-state index in [4.69, 9.17) is 16.3 Å². The van der Waals surface area contributed by atoms with Gasteiger partial charge in [-0.05, 0) is 26.0 Å². The molecule has 1 heterocycles. The van der Waals surface area contributed by atoms with Gasteiger partial charge in [0.25, 0.3) is 5.91 Å². The van der Waals surface area contributed by atoms with Gasteiger partial charge in [-0.1, -0.05) is 29.8 Å². The average Bonchev–Trinajstić information content (AvgIpc) is 2.56. The zero-order chi connectivity index (χ0) is 20.2. The summed E-state index contributed by atoms with van der Waals surface area (Å²) in [6.07, 6.45) is -3.65. The molecule has 0 saturated heterocycles. The fourth-order valence-electron chi connectivity index (χ4n) is 2.26. The van der Waals surface area contributed by atoms with Crippen molar-refractivity contribution in [2.45, 2.75) is 32.9 Å².